The van der Waals surface area contributed by atoms with Crippen molar-refractivity contribution in [2.45, 2.75) is 510 Å². The van der Waals surface area contributed by atoms with Crippen LogP contribution in [0.3, 0.4) is 0 Å². The molecule has 0 saturated heterocycles. The molecule has 0 aromatic carbocycles. The van der Waals surface area contributed by atoms with Gasteiger partial charge in [0.15, 0.2) is 12.2 Å². The summed E-state index contributed by atoms with van der Waals surface area (Å²) in [6.07, 6.45) is 75.1. The lowest BCUT2D eigenvalue weighted by molar-refractivity contribution is -0.161. The monoisotopic (exact) mass is 1620 g/mol. The first-order valence-corrected chi connectivity index (χ1v) is 50.3. The van der Waals surface area contributed by atoms with Crippen LogP contribution >= 0.6 is 15.6 Å². The van der Waals surface area contributed by atoms with E-state index < -0.39 is 97.5 Å². The number of carbonyl (C=O) groups excluding carboxylic acids is 4. The fraction of sp³-hybridized carbons (Fsp3) is 0.957. The van der Waals surface area contributed by atoms with E-state index >= 15 is 0 Å². The molecule has 0 heterocycles. The standard InChI is InChI=1S/C92H180O17P2/c1-8-9-10-11-12-13-14-15-16-21-29-34-39-46-54-61-68-75-92(97)109-88(80-103-90(95)74-67-60-53-48-41-44-51-58-65-72-85(6)7)82-107-111(100,101)105-78-86(93)77-104-110(98,99)106-81-87(108-91(96)76-69-62-55-47-40-35-30-25-20-18-23-27-32-37-43-50-57-64-71-84(4)5)79-102-89(94)73-66-59-52-45-38-33-28-24-19-17-22-26-31-36-42-49-56-63-70-83(2)3/h83-88,93H,8-82H2,1-7H3,(H,98,99)(H,100,101)/t86-,87-,88-/m1/s1. The van der Waals surface area contributed by atoms with E-state index in [1.165, 1.54) is 302 Å². The van der Waals surface area contributed by atoms with Gasteiger partial charge in [0.2, 0.25) is 0 Å². The molecule has 0 aromatic rings. The van der Waals surface area contributed by atoms with Crippen molar-refractivity contribution in [1.82, 2.24) is 0 Å². The second kappa shape index (κ2) is 81.8. The quantitative estimate of drug-likeness (QED) is 0.0222. The van der Waals surface area contributed by atoms with Crippen molar-refractivity contribution in [2.75, 3.05) is 39.6 Å². The first kappa shape index (κ1) is 109. The zero-order chi connectivity index (χ0) is 81.5. The average Bonchev–Trinajstić information content (AvgIpc) is 0.896. The third-order valence-corrected chi connectivity index (χ3v) is 23.5. The lowest BCUT2D eigenvalue weighted by Gasteiger charge is -2.21. The van der Waals surface area contributed by atoms with Crippen LogP contribution in [-0.2, 0) is 65.4 Å². The molecule has 0 aliphatic heterocycles. The molecule has 2 unspecified atom stereocenters. The number of phosphoric acid groups is 2. The molecule has 0 rings (SSSR count). The predicted molar refractivity (Wildman–Crippen MR) is 460 cm³/mol. The summed E-state index contributed by atoms with van der Waals surface area (Å²) in [6, 6.07) is 0. The molecular weight excluding hydrogens is 1440 g/mol. The zero-order valence-corrected chi connectivity index (χ0v) is 75.2. The Bertz CT molecular complexity index is 2130. The number of ether oxygens (including phenoxy) is 4. The number of phosphoric ester groups is 2. The van der Waals surface area contributed by atoms with Crippen LogP contribution in [0.5, 0.6) is 0 Å². The number of aliphatic hydroxyl groups is 1. The van der Waals surface area contributed by atoms with Crippen LogP contribution in [-0.4, -0.2) is 96.7 Å². The highest BCUT2D eigenvalue weighted by molar-refractivity contribution is 7.47. The van der Waals surface area contributed by atoms with Gasteiger partial charge < -0.3 is 33.8 Å². The van der Waals surface area contributed by atoms with Gasteiger partial charge in [-0.15, -0.1) is 0 Å². The van der Waals surface area contributed by atoms with Crippen molar-refractivity contribution in [3.8, 4) is 0 Å². The Morgan fingerprint density at radius 2 is 0.414 bits per heavy atom. The van der Waals surface area contributed by atoms with E-state index in [2.05, 4.69) is 48.5 Å². The number of rotatable bonds is 90. The minimum Gasteiger partial charge on any atom is -0.462 e. The van der Waals surface area contributed by atoms with Gasteiger partial charge in [0.25, 0.3) is 0 Å². The molecule has 0 fully saturated rings. The molecule has 0 aliphatic rings. The van der Waals surface area contributed by atoms with E-state index in [4.69, 9.17) is 37.0 Å². The molecule has 0 aromatic heterocycles. The normalized spacial score (nSPS) is 13.8. The molecule has 0 saturated carbocycles. The van der Waals surface area contributed by atoms with Gasteiger partial charge in [0.05, 0.1) is 26.4 Å². The smallest absolute Gasteiger partial charge is 0.462 e. The Balaban J connectivity index is 5.24. The van der Waals surface area contributed by atoms with Gasteiger partial charge in [-0.2, -0.15) is 0 Å². The molecule has 19 heteroatoms. The van der Waals surface area contributed by atoms with Gasteiger partial charge in [-0.25, -0.2) is 9.13 Å². The van der Waals surface area contributed by atoms with Crippen LogP contribution in [0.25, 0.3) is 0 Å². The molecule has 5 atom stereocenters. The summed E-state index contributed by atoms with van der Waals surface area (Å²) in [7, 11) is -9.94. The van der Waals surface area contributed by atoms with Gasteiger partial charge in [-0.3, -0.25) is 37.3 Å². The van der Waals surface area contributed by atoms with E-state index in [1.807, 2.05) is 0 Å². The van der Waals surface area contributed by atoms with Gasteiger partial charge in [-0.1, -0.05) is 440 Å². The molecule has 0 aliphatic carbocycles. The van der Waals surface area contributed by atoms with Crippen molar-refractivity contribution in [3.05, 3.63) is 0 Å². The van der Waals surface area contributed by atoms with Crippen molar-refractivity contribution in [2.24, 2.45) is 17.8 Å². The number of aliphatic hydroxyl groups excluding tert-OH is 1. The number of carbonyl (C=O) groups is 4. The maximum atomic E-state index is 13.2. The Labute approximate surface area is 683 Å². The topological polar surface area (TPSA) is 237 Å². The van der Waals surface area contributed by atoms with Crippen LogP contribution in [0.15, 0.2) is 0 Å². The van der Waals surface area contributed by atoms with Crippen LogP contribution < -0.4 is 0 Å². The maximum absolute atomic E-state index is 13.2. The third kappa shape index (κ3) is 85.8. The number of unbranched alkanes of at least 4 members (excludes halogenated alkanes) is 58. The summed E-state index contributed by atoms with van der Waals surface area (Å²) in [4.78, 5) is 73.5. The second-order valence-electron chi connectivity index (χ2n) is 34.5. The van der Waals surface area contributed by atoms with Crippen molar-refractivity contribution >= 4 is 39.5 Å². The molecule has 0 amide bonds. The van der Waals surface area contributed by atoms with Crippen LogP contribution in [0.1, 0.15) is 492 Å². The predicted octanol–water partition coefficient (Wildman–Crippen LogP) is 28.4. The zero-order valence-electron chi connectivity index (χ0n) is 73.4. The van der Waals surface area contributed by atoms with Crippen molar-refractivity contribution < 1.29 is 80.2 Å². The lowest BCUT2D eigenvalue weighted by Crippen LogP contribution is -2.30. The Hall–Kier alpha value is -1.94. The van der Waals surface area contributed by atoms with Gasteiger partial charge in [0, 0.05) is 25.7 Å². The number of hydrogen-bond acceptors (Lipinski definition) is 15. The van der Waals surface area contributed by atoms with E-state index in [9.17, 15) is 43.2 Å². The van der Waals surface area contributed by atoms with Crippen LogP contribution in [0, 0.1) is 17.8 Å². The Morgan fingerprint density at radius 1 is 0.243 bits per heavy atom. The minimum atomic E-state index is -4.97. The summed E-state index contributed by atoms with van der Waals surface area (Å²) in [6.45, 7) is 12.1. The molecule has 0 spiro atoms. The highest BCUT2D eigenvalue weighted by atomic mass is 31.2. The molecule has 0 radical (unpaired) electrons. The number of esters is 4. The summed E-state index contributed by atoms with van der Waals surface area (Å²) >= 11 is 0. The maximum Gasteiger partial charge on any atom is 0.472 e. The molecule has 111 heavy (non-hydrogen) atoms. The molecule has 0 bridgehead atoms. The summed E-state index contributed by atoms with van der Waals surface area (Å²) in [5.41, 5.74) is 0. The fourth-order valence-electron chi connectivity index (χ4n) is 14.4. The van der Waals surface area contributed by atoms with Gasteiger partial charge in [0.1, 0.15) is 19.3 Å². The summed E-state index contributed by atoms with van der Waals surface area (Å²) in [5.74, 6) is 0.291. The van der Waals surface area contributed by atoms with E-state index in [-0.39, 0.29) is 25.7 Å². The first-order valence-electron chi connectivity index (χ1n) is 47.3. The third-order valence-electron chi connectivity index (χ3n) is 21.6. The van der Waals surface area contributed by atoms with Crippen LogP contribution in [0.4, 0.5) is 0 Å². The highest BCUT2D eigenvalue weighted by Crippen LogP contribution is 2.45. The average molecular weight is 1620 g/mol. The summed E-state index contributed by atoms with van der Waals surface area (Å²) < 4.78 is 69.1. The highest BCUT2D eigenvalue weighted by Gasteiger charge is 2.31. The Morgan fingerprint density at radius 3 is 0.613 bits per heavy atom. The Kier molecular flexibility index (Phi) is 80.4. The molecule has 17 nitrogen and oxygen atoms in total. The summed E-state index contributed by atoms with van der Waals surface area (Å²) in [5, 5.41) is 10.7. The van der Waals surface area contributed by atoms with Gasteiger partial charge in [-0.05, 0) is 43.4 Å². The van der Waals surface area contributed by atoms with E-state index in [0.29, 0.717) is 25.7 Å². The van der Waals surface area contributed by atoms with E-state index in [1.54, 1.807) is 0 Å². The second-order valence-corrected chi connectivity index (χ2v) is 37.4. The number of hydrogen-bond donors (Lipinski definition) is 3. The molecular formula is C92H180O17P2. The van der Waals surface area contributed by atoms with Crippen molar-refractivity contribution in [1.29, 1.82) is 0 Å². The lowest BCUT2D eigenvalue weighted by atomic mass is 10.0. The van der Waals surface area contributed by atoms with E-state index in [0.717, 1.165) is 108 Å². The largest absolute Gasteiger partial charge is 0.472 e. The van der Waals surface area contributed by atoms with Crippen molar-refractivity contribution in [3.63, 3.8) is 0 Å². The molecule has 660 valence electrons. The minimum absolute atomic E-state index is 0.108. The van der Waals surface area contributed by atoms with Crippen LogP contribution in [0.2, 0.25) is 0 Å². The first-order chi connectivity index (χ1) is 53.7. The molecule has 3 N–H and O–H groups in total. The SMILES string of the molecule is CCCCCCCCCCCCCCCCCCCC(=O)O[C@H](COC(=O)CCCCCCCCCCCC(C)C)COP(=O)(O)OC[C@H](O)COP(=O)(O)OC[C@@H](COC(=O)CCCCCCCCCCCCCCCCCCCCC(C)C)OC(=O)CCCCCCCCCCCCCCCCCCCCC(C)C. The fourth-order valence-corrected chi connectivity index (χ4v) is 16.0. The van der Waals surface area contributed by atoms with Gasteiger partial charge >= 0.3 is 39.5 Å².